The van der Waals surface area contributed by atoms with E-state index in [1.807, 2.05) is 25.7 Å². The van der Waals surface area contributed by atoms with E-state index in [1.54, 1.807) is 23.1 Å². The zero-order chi connectivity index (χ0) is 61.3. The lowest BCUT2D eigenvalue weighted by atomic mass is 9.94. The number of nitrogens with one attached hydrogen (secondary N) is 3. The summed E-state index contributed by atoms with van der Waals surface area (Å²) in [6.45, 7) is 12.5. The highest BCUT2D eigenvalue weighted by Crippen LogP contribution is 2.46. The van der Waals surface area contributed by atoms with Crippen LogP contribution in [0.3, 0.4) is 0 Å². The number of amides is 6. The van der Waals surface area contributed by atoms with Crippen LogP contribution in [0.5, 0.6) is 11.8 Å². The largest absolute Gasteiger partial charge is 0.468 e. The van der Waals surface area contributed by atoms with Gasteiger partial charge in [0.1, 0.15) is 53.5 Å². The Morgan fingerprint density at radius 2 is 1.70 bits per heavy atom. The second-order valence-corrected chi connectivity index (χ2v) is 23.5. The molecule has 23 nitrogen and oxygen atoms in total. The van der Waals surface area contributed by atoms with E-state index in [0.717, 1.165) is 23.3 Å². The van der Waals surface area contributed by atoms with Crippen molar-refractivity contribution in [3.8, 4) is 35.4 Å². The van der Waals surface area contributed by atoms with Gasteiger partial charge in [-0.3, -0.25) is 44.2 Å². The first-order valence-electron chi connectivity index (χ1n) is 29.0. The molecule has 0 aliphatic carbocycles. The molecule has 0 saturated carbocycles. The lowest BCUT2D eigenvalue weighted by Crippen LogP contribution is -2.57. The highest BCUT2D eigenvalue weighted by Gasteiger charge is 2.52. The lowest BCUT2D eigenvalue weighted by molar-refractivity contribution is -0.136. The van der Waals surface area contributed by atoms with Gasteiger partial charge in [0.15, 0.2) is 12.6 Å². The maximum absolute atomic E-state index is 17.7. The third-order valence-corrected chi connectivity index (χ3v) is 16.6. The molecule has 87 heavy (non-hydrogen) atoms. The average molecular weight is 1200 g/mol. The van der Waals surface area contributed by atoms with Crippen molar-refractivity contribution in [2.75, 3.05) is 96.5 Å². The summed E-state index contributed by atoms with van der Waals surface area (Å²) >= 11 is 0. The van der Waals surface area contributed by atoms with Gasteiger partial charge >= 0.3 is 18.2 Å². The maximum Gasteiger partial charge on any atom is 0.410 e. The highest BCUT2D eigenvalue weighted by molar-refractivity contribution is 6.25. The molecule has 25 heteroatoms. The molecule has 0 radical (unpaired) electrons. The number of methoxy groups -OCH3 is 1. The van der Waals surface area contributed by atoms with Gasteiger partial charge in [-0.05, 0) is 95.0 Å². The standard InChI is InChI=1S/C62H68F2N10O13/c1-7-41-45(63)14-11-36-25-40(86-34-81-6)26-43(49(36)41)52-51(64)53-44(28-67-52)54(71-30-37-12-13-38(31-71)73(37)60(80)87-61(3,4)5)70-58(69-53)85-33-62-18-17-39(72(62)29-35(2)27-62)32-84-59(79)66-20-22-83-24-23-82-21-19-65-46-10-8-9-42-50(46)57(78)74(56(42)77)47-15-16-48(75)68-55(47)76/h1,8-11,14,25-26,28,37-39,47,65H,2,12-13,15-24,27,29-34H2,3-6H3,(H,66,79)(H,68,75,76)/t37-,38+,39-,47?,62-/m0/s1. The van der Waals surface area contributed by atoms with Gasteiger partial charge in [-0.1, -0.05) is 30.2 Å². The summed E-state index contributed by atoms with van der Waals surface area (Å²) in [4.78, 5) is 98.5. The minimum absolute atomic E-state index is 0.0248. The number of hydrogen-bond donors (Lipinski definition) is 3. The number of carbonyl (C=O) groups excluding carboxylic acids is 6. The van der Waals surface area contributed by atoms with Crippen LogP contribution in [0.2, 0.25) is 0 Å². The van der Waals surface area contributed by atoms with Gasteiger partial charge in [-0.25, -0.2) is 18.4 Å². The molecular formula is C62H68F2N10O13. The number of imide groups is 2. The van der Waals surface area contributed by atoms with Crippen molar-refractivity contribution in [2.45, 2.75) is 101 Å². The van der Waals surface area contributed by atoms with Gasteiger partial charge in [-0.15, -0.1) is 6.42 Å². The number of ether oxygens (including phenoxy) is 7. The molecule has 3 aromatic carbocycles. The molecule has 5 atom stereocenters. The summed E-state index contributed by atoms with van der Waals surface area (Å²) in [5.74, 6) is -0.733. The second kappa shape index (κ2) is 25.0. The Labute approximate surface area is 500 Å². The van der Waals surface area contributed by atoms with Crippen molar-refractivity contribution in [3.05, 3.63) is 89.1 Å². The van der Waals surface area contributed by atoms with Crippen molar-refractivity contribution in [2.24, 2.45) is 0 Å². The molecular weight excluding hydrogens is 1130 g/mol. The number of aromatic nitrogens is 3. The fraction of sp³-hybridized carbons (Fsp3) is 0.468. The Bertz CT molecular complexity index is 3620. The van der Waals surface area contributed by atoms with E-state index in [1.165, 1.54) is 37.6 Å². The number of benzene rings is 3. The van der Waals surface area contributed by atoms with Crippen LogP contribution < -0.4 is 30.3 Å². The van der Waals surface area contributed by atoms with Gasteiger partial charge in [0.25, 0.3) is 11.8 Å². The minimum Gasteiger partial charge on any atom is -0.468 e. The minimum atomic E-state index is -1.07. The number of alkyl carbamates (subject to hydrolysis) is 1. The van der Waals surface area contributed by atoms with Crippen LogP contribution in [0, 0.1) is 24.0 Å². The van der Waals surface area contributed by atoms with Crippen LogP contribution in [-0.4, -0.2) is 187 Å². The number of piperazine rings is 1. The average Bonchev–Trinajstić information content (AvgIpc) is 1.82. The van der Waals surface area contributed by atoms with Gasteiger partial charge < -0.3 is 48.7 Å². The number of rotatable bonds is 21. The maximum atomic E-state index is 17.7. The predicted octanol–water partition coefficient (Wildman–Crippen LogP) is 6.49. The van der Waals surface area contributed by atoms with E-state index < -0.39 is 64.6 Å². The lowest BCUT2D eigenvalue weighted by Gasteiger charge is -2.42. The van der Waals surface area contributed by atoms with Crippen LogP contribution >= 0.6 is 0 Å². The zero-order valence-electron chi connectivity index (χ0n) is 48.8. The highest BCUT2D eigenvalue weighted by atomic mass is 19.1. The molecule has 5 saturated heterocycles. The summed E-state index contributed by atoms with van der Waals surface area (Å²) in [6.07, 6.45) is 9.82. The van der Waals surface area contributed by atoms with E-state index in [0.29, 0.717) is 73.5 Å². The monoisotopic (exact) mass is 1200 g/mol. The molecule has 6 aliphatic rings. The Morgan fingerprint density at radius 1 is 0.931 bits per heavy atom. The molecule has 1 unspecified atom stereocenters. The number of piperidine rings is 1. The molecule has 0 spiro atoms. The smallest absolute Gasteiger partial charge is 0.410 e. The number of halogens is 2. The van der Waals surface area contributed by atoms with Crippen LogP contribution in [0.25, 0.3) is 32.9 Å². The molecule has 2 aromatic heterocycles. The number of terminal acetylenes is 1. The van der Waals surface area contributed by atoms with E-state index >= 15 is 8.78 Å². The SMILES string of the molecule is C#Cc1c(F)ccc2cc(OCOC)cc(-c3ncc4c(N5C[C@H]6CC[C@@H](C5)N6C(=O)OC(C)(C)C)nc(OC[C@@]56CC[C@@H](COC(=O)NCCOCCOCCNc7cccc8c7C(=O)N(C7CCC(=O)NC7=O)C8=O)N5CC(=C)C6)nc4c3F)c12. The van der Waals surface area contributed by atoms with Gasteiger partial charge in [0, 0.05) is 75.1 Å². The Kier molecular flexibility index (Phi) is 17.3. The normalized spacial score (nSPS) is 21.8. The predicted molar refractivity (Wildman–Crippen MR) is 312 cm³/mol. The number of carbonyl (C=O) groups is 6. The summed E-state index contributed by atoms with van der Waals surface area (Å²) < 4.78 is 73.6. The number of hydrogen-bond acceptors (Lipinski definition) is 19. The quantitative estimate of drug-likeness (QED) is 0.0233. The van der Waals surface area contributed by atoms with Crippen molar-refractivity contribution >= 4 is 69.0 Å². The molecule has 11 rings (SSSR count). The van der Waals surface area contributed by atoms with Crippen molar-refractivity contribution < 1.29 is 70.7 Å². The molecule has 5 aromatic rings. The van der Waals surface area contributed by atoms with Crippen LogP contribution in [0.1, 0.15) is 92.0 Å². The van der Waals surface area contributed by atoms with Gasteiger partial charge in [-0.2, -0.15) is 9.97 Å². The number of anilines is 2. The summed E-state index contributed by atoms with van der Waals surface area (Å²) in [5.41, 5.74) is 0.256. The summed E-state index contributed by atoms with van der Waals surface area (Å²) in [5, 5.41) is 9.08. The third kappa shape index (κ3) is 12.3. The number of nitrogens with zero attached hydrogens (tertiary/aromatic N) is 7. The fourth-order valence-electron chi connectivity index (χ4n) is 12.8. The van der Waals surface area contributed by atoms with Gasteiger partial charge in [0.2, 0.25) is 11.8 Å². The first kappa shape index (κ1) is 60.1. The van der Waals surface area contributed by atoms with Crippen LogP contribution in [0.4, 0.5) is 29.9 Å². The molecule has 3 N–H and O–H groups in total. The Balaban J connectivity index is 0.710. The first-order valence-corrected chi connectivity index (χ1v) is 29.0. The van der Waals surface area contributed by atoms with Crippen LogP contribution in [0.15, 0.2) is 60.8 Å². The molecule has 5 fully saturated rings. The Hall–Kier alpha value is -8.57. The van der Waals surface area contributed by atoms with E-state index in [9.17, 15) is 28.8 Å². The van der Waals surface area contributed by atoms with E-state index in [2.05, 4.69) is 38.3 Å². The number of pyridine rings is 1. The first-order chi connectivity index (χ1) is 41.8. The van der Waals surface area contributed by atoms with Crippen molar-refractivity contribution in [3.63, 3.8) is 0 Å². The van der Waals surface area contributed by atoms with Crippen molar-refractivity contribution in [1.82, 2.24) is 40.3 Å². The van der Waals surface area contributed by atoms with Crippen molar-refractivity contribution in [1.29, 1.82) is 0 Å². The second-order valence-electron chi connectivity index (χ2n) is 23.5. The van der Waals surface area contributed by atoms with E-state index in [-0.39, 0.29) is 129 Å². The topological polar surface area (TPSA) is 255 Å². The summed E-state index contributed by atoms with van der Waals surface area (Å²) in [6, 6.07) is 9.01. The number of fused-ring (bicyclic) bond motifs is 6. The molecule has 458 valence electrons. The molecule has 2 bridgehead atoms. The summed E-state index contributed by atoms with van der Waals surface area (Å²) in [7, 11) is 1.46. The van der Waals surface area contributed by atoms with E-state index in [4.69, 9.17) is 49.5 Å². The molecule has 8 heterocycles. The fourth-order valence-corrected chi connectivity index (χ4v) is 12.8. The van der Waals surface area contributed by atoms with Crippen LogP contribution in [-0.2, 0) is 33.3 Å². The van der Waals surface area contributed by atoms with Gasteiger partial charge in [0.05, 0.1) is 66.1 Å². The Morgan fingerprint density at radius 3 is 2.44 bits per heavy atom. The third-order valence-electron chi connectivity index (χ3n) is 16.6. The molecule has 6 aliphatic heterocycles. The zero-order valence-corrected chi connectivity index (χ0v) is 48.8. The molecule has 6 amide bonds.